The van der Waals surface area contributed by atoms with Crippen LogP contribution in [0, 0.1) is 0 Å². The zero-order valence-corrected chi connectivity index (χ0v) is 10.2. The number of ketones is 1. The molecule has 2 rings (SSSR count). The van der Waals surface area contributed by atoms with E-state index in [2.05, 4.69) is 0 Å². The van der Waals surface area contributed by atoms with Gasteiger partial charge in [-0.1, -0.05) is 30.3 Å². The standard InChI is InChI=1S/C14H12O2S/c1-17-13-9-11(7-8-12(13)15)14(16)10-5-3-2-4-6-10/h2-9,15H,1H3. The number of hydrogen-bond donors (Lipinski definition) is 1. The molecule has 0 aliphatic rings. The summed E-state index contributed by atoms with van der Waals surface area (Å²) in [6.07, 6.45) is 1.87. The van der Waals surface area contributed by atoms with Crippen molar-refractivity contribution in [1.29, 1.82) is 0 Å². The highest BCUT2D eigenvalue weighted by molar-refractivity contribution is 7.98. The van der Waals surface area contributed by atoms with Gasteiger partial charge in [-0.25, -0.2) is 0 Å². The number of carbonyl (C=O) groups excluding carboxylic acids is 1. The van der Waals surface area contributed by atoms with Crippen molar-refractivity contribution in [2.45, 2.75) is 4.90 Å². The van der Waals surface area contributed by atoms with E-state index in [-0.39, 0.29) is 11.5 Å². The molecule has 0 spiro atoms. The van der Waals surface area contributed by atoms with Crippen LogP contribution < -0.4 is 0 Å². The van der Waals surface area contributed by atoms with Crippen LogP contribution in [0.1, 0.15) is 15.9 Å². The summed E-state index contributed by atoms with van der Waals surface area (Å²) >= 11 is 1.42. The van der Waals surface area contributed by atoms with Gasteiger partial charge in [0.2, 0.25) is 0 Å². The van der Waals surface area contributed by atoms with Gasteiger partial charge in [0.1, 0.15) is 5.75 Å². The molecule has 86 valence electrons. The van der Waals surface area contributed by atoms with Crippen LogP contribution in [-0.4, -0.2) is 17.1 Å². The Labute approximate surface area is 104 Å². The molecule has 0 fully saturated rings. The number of phenolic OH excluding ortho intramolecular Hbond substituents is 1. The number of rotatable bonds is 3. The average molecular weight is 244 g/mol. The first-order valence-corrected chi connectivity index (χ1v) is 6.41. The van der Waals surface area contributed by atoms with E-state index < -0.39 is 0 Å². The van der Waals surface area contributed by atoms with Gasteiger partial charge in [0.25, 0.3) is 0 Å². The Hall–Kier alpha value is -1.74. The van der Waals surface area contributed by atoms with Gasteiger partial charge >= 0.3 is 0 Å². The van der Waals surface area contributed by atoms with Crippen molar-refractivity contribution < 1.29 is 9.90 Å². The van der Waals surface area contributed by atoms with Crippen LogP contribution in [0.4, 0.5) is 0 Å². The van der Waals surface area contributed by atoms with Crippen LogP contribution in [0.5, 0.6) is 5.75 Å². The second-order valence-corrected chi connectivity index (χ2v) is 4.43. The summed E-state index contributed by atoms with van der Waals surface area (Å²) in [5, 5.41) is 9.56. The Morgan fingerprint density at radius 2 is 1.76 bits per heavy atom. The molecule has 0 heterocycles. The first kappa shape index (κ1) is 11.7. The minimum atomic E-state index is -0.0269. The lowest BCUT2D eigenvalue weighted by molar-refractivity contribution is 0.103. The van der Waals surface area contributed by atoms with Crippen molar-refractivity contribution in [3.63, 3.8) is 0 Å². The smallest absolute Gasteiger partial charge is 0.193 e. The maximum absolute atomic E-state index is 12.1. The second-order valence-electron chi connectivity index (χ2n) is 3.58. The molecule has 17 heavy (non-hydrogen) atoms. The maximum Gasteiger partial charge on any atom is 0.193 e. The van der Waals surface area contributed by atoms with Gasteiger partial charge in [-0.3, -0.25) is 4.79 Å². The Morgan fingerprint density at radius 1 is 1.06 bits per heavy atom. The number of carbonyl (C=O) groups is 1. The summed E-state index contributed by atoms with van der Waals surface area (Å²) in [7, 11) is 0. The largest absolute Gasteiger partial charge is 0.507 e. The quantitative estimate of drug-likeness (QED) is 0.664. The summed E-state index contributed by atoms with van der Waals surface area (Å²) in [5.41, 5.74) is 1.25. The molecule has 2 aromatic carbocycles. The van der Waals surface area contributed by atoms with Crippen LogP contribution in [0.25, 0.3) is 0 Å². The number of aromatic hydroxyl groups is 1. The van der Waals surface area contributed by atoms with E-state index in [1.54, 1.807) is 30.3 Å². The van der Waals surface area contributed by atoms with Crippen molar-refractivity contribution in [3.8, 4) is 5.75 Å². The predicted octanol–water partition coefficient (Wildman–Crippen LogP) is 3.35. The van der Waals surface area contributed by atoms with Gasteiger partial charge in [-0.05, 0) is 24.5 Å². The molecule has 0 bridgehead atoms. The van der Waals surface area contributed by atoms with E-state index in [1.165, 1.54) is 11.8 Å². The van der Waals surface area contributed by atoms with E-state index >= 15 is 0 Å². The molecule has 2 aromatic rings. The Bertz CT molecular complexity index is 535. The molecule has 0 aliphatic carbocycles. The molecule has 1 N–H and O–H groups in total. The Balaban J connectivity index is 2.38. The molecule has 3 heteroatoms. The van der Waals surface area contributed by atoms with Gasteiger partial charge in [0, 0.05) is 16.0 Å². The average Bonchev–Trinajstić information content (AvgIpc) is 2.39. The van der Waals surface area contributed by atoms with Crippen LogP contribution in [0.2, 0.25) is 0 Å². The fraction of sp³-hybridized carbons (Fsp3) is 0.0714. The molecular formula is C14H12O2S. The molecule has 0 amide bonds. The van der Waals surface area contributed by atoms with Crippen LogP contribution >= 0.6 is 11.8 Å². The van der Waals surface area contributed by atoms with Gasteiger partial charge < -0.3 is 5.11 Å². The fourth-order valence-corrected chi connectivity index (χ4v) is 2.10. The third-order valence-corrected chi connectivity index (χ3v) is 3.24. The zero-order valence-electron chi connectivity index (χ0n) is 9.38. The predicted molar refractivity (Wildman–Crippen MR) is 69.8 cm³/mol. The number of thioether (sulfide) groups is 1. The number of phenols is 1. The van der Waals surface area contributed by atoms with Crippen molar-refractivity contribution in [1.82, 2.24) is 0 Å². The summed E-state index contributed by atoms with van der Waals surface area (Å²) in [4.78, 5) is 12.8. The van der Waals surface area contributed by atoms with Gasteiger partial charge in [-0.2, -0.15) is 0 Å². The summed E-state index contributed by atoms with van der Waals surface area (Å²) in [6.45, 7) is 0. The first-order valence-electron chi connectivity index (χ1n) is 5.19. The van der Waals surface area contributed by atoms with Crippen LogP contribution in [0.3, 0.4) is 0 Å². The van der Waals surface area contributed by atoms with Gasteiger partial charge in [0.05, 0.1) is 0 Å². The third kappa shape index (κ3) is 2.50. The molecule has 0 saturated carbocycles. The Morgan fingerprint density at radius 3 is 2.41 bits per heavy atom. The highest BCUT2D eigenvalue weighted by Crippen LogP contribution is 2.28. The SMILES string of the molecule is CSc1cc(C(=O)c2ccccc2)ccc1O. The van der Waals surface area contributed by atoms with Crippen molar-refractivity contribution >= 4 is 17.5 Å². The molecule has 0 aliphatic heterocycles. The summed E-state index contributed by atoms with van der Waals surface area (Å²) < 4.78 is 0. The van der Waals surface area contributed by atoms with Crippen LogP contribution in [0.15, 0.2) is 53.4 Å². The minimum Gasteiger partial charge on any atom is -0.507 e. The van der Waals surface area contributed by atoms with Crippen molar-refractivity contribution in [2.24, 2.45) is 0 Å². The fourth-order valence-electron chi connectivity index (χ4n) is 1.58. The molecule has 0 saturated heterocycles. The monoisotopic (exact) mass is 244 g/mol. The summed E-state index contributed by atoms with van der Waals surface area (Å²) in [6, 6.07) is 14.0. The van der Waals surface area contributed by atoms with E-state index in [0.717, 1.165) is 0 Å². The van der Waals surface area contributed by atoms with E-state index in [0.29, 0.717) is 16.0 Å². The molecular weight excluding hydrogens is 232 g/mol. The highest BCUT2D eigenvalue weighted by Gasteiger charge is 2.10. The maximum atomic E-state index is 12.1. The topological polar surface area (TPSA) is 37.3 Å². The lowest BCUT2D eigenvalue weighted by Gasteiger charge is -2.05. The molecule has 0 radical (unpaired) electrons. The molecule has 0 aromatic heterocycles. The minimum absolute atomic E-state index is 0.0269. The third-order valence-electron chi connectivity index (χ3n) is 2.48. The van der Waals surface area contributed by atoms with Crippen molar-refractivity contribution in [2.75, 3.05) is 6.26 Å². The number of hydrogen-bond acceptors (Lipinski definition) is 3. The highest BCUT2D eigenvalue weighted by atomic mass is 32.2. The van der Waals surface area contributed by atoms with E-state index in [4.69, 9.17) is 0 Å². The number of benzene rings is 2. The molecule has 2 nitrogen and oxygen atoms in total. The van der Waals surface area contributed by atoms with Gasteiger partial charge in [-0.15, -0.1) is 11.8 Å². The Kier molecular flexibility index (Phi) is 3.49. The summed E-state index contributed by atoms with van der Waals surface area (Å²) in [5.74, 6) is 0.183. The second kappa shape index (κ2) is 5.06. The zero-order chi connectivity index (χ0) is 12.3. The van der Waals surface area contributed by atoms with E-state index in [9.17, 15) is 9.90 Å². The molecule has 0 atom stereocenters. The van der Waals surface area contributed by atoms with Crippen molar-refractivity contribution in [3.05, 3.63) is 59.7 Å². The lowest BCUT2D eigenvalue weighted by atomic mass is 10.0. The first-order chi connectivity index (χ1) is 8.22. The van der Waals surface area contributed by atoms with Crippen LogP contribution in [-0.2, 0) is 0 Å². The van der Waals surface area contributed by atoms with Gasteiger partial charge in [0.15, 0.2) is 5.78 Å². The molecule has 0 unspecified atom stereocenters. The van der Waals surface area contributed by atoms with E-state index in [1.807, 2.05) is 24.5 Å². The normalized spacial score (nSPS) is 10.2. The lowest BCUT2D eigenvalue weighted by Crippen LogP contribution is -2.00.